The molecule has 21 heavy (non-hydrogen) atoms. The van der Waals surface area contributed by atoms with Gasteiger partial charge in [-0.1, -0.05) is 26.0 Å². The molecule has 2 rings (SSSR count). The number of fused-ring (bicyclic) bond motifs is 1. The number of hydrogen-bond donors (Lipinski definition) is 0. The van der Waals surface area contributed by atoms with Gasteiger partial charge in [-0.2, -0.15) is 0 Å². The molecule has 0 fully saturated rings. The van der Waals surface area contributed by atoms with E-state index in [0.717, 1.165) is 11.1 Å². The summed E-state index contributed by atoms with van der Waals surface area (Å²) in [6.07, 6.45) is 0. The van der Waals surface area contributed by atoms with Crippen LogP contribution in [0, 0.1) is 6.92 Å². The molecule has 2 aliphatic carbocycles. The first-order chi connectivity index (χ1) is 9.25. The maximum Gasteiger partial charge on any atom is 1.00 e. The van der Waals surface area contributed by atoms with E-state index in [9.17, 15) is 13.0 Å². The molecular weight excluding hydrogens is 299 g/mol. The van der Waals surface area contributed by atoms with Crippen LogP contribution in [0.25, 0.3) is 11.1 Å². The number of methoxy groups -OCH3 is 1. The number of hydrogen-bond acceptors (Lipinski definition) is 4. The van der Waals surface area contributed by atoms with Gasteiger partial charge in [0.1, 0.15) is 15.9 Å². The monoisotopic (exact) mass is 316 g/mol. The Bertz CT molecular complexity index is 723. The zero-order valence-electron chi connectivity index (χ0n) is 12.9. The van der Waals surface area contributed by atoms with Gasteiger partial charge in [-0.05, 0) is 36.1 Å². The van der Waals surface area contributed by atoms with Crippen LogP contribution < -0.4 is 34.3 Å². The van der Waals surface area contributed by atoms with E-state index in [1.54, 1.807) is 13.0 Å². The Morgan fingerprint density at radius 3 is 2.29 bits per heavy atom. The molecule has 0 unspecified atom stereocenters. The van der Waals surface area contributed by atoms with Crippen molar-refractivity contribution in [2.45, 2.75) is 31.6 Å². The van der Waals surface area contributed by atoms with Gasteiger partial charge in [-0.25, -0.2) is 8.42 Å². The summed E-state index contributed by atoms with van der Waals surface area (Å²) in [4.78, 5) is -0.186. The van der Waals surface area contributed by atoms with Crippen molar-refractivity contribution >= 4 is 10.1 Å². The fraction of sp³-hybridized carbons (Fsp3) is 0.333. The molecule has 2 aliphatic rings. The quantitative estimate of drug-likeness (QED) is 0.597. The zero-order valence-corrected chi connectivity index (χ0v) is 15.7. The van der Waals surface area contributed by atoms with Gasteiger partial charge in [0.2, 0.25) is 0 Å². The van der Waals surface area contributed by atoms with Gasteiger partial charge in [0.05, 0.1) is 12.0 Å². The molecule has 0 heterocycles. The summed E-state index contributed by atoms with van der Waals surface area (Å²) in [7, 11) is -2.96. The van der Waals surface area contributed by atoms with Crippen molar-refractivity contribution in [2.24, 2.45) is 0 Å². The molecule has 0 aromatic heterocycles. The molecule has 0 spiro atoms. The smallest absolute Gasteiger partial charge is 0.744 e. The number of aryl methyl sites for hydroxylation is 1. The van der Waals surface area contributed by atoms with Crippen LogP contribution in [0.3, 0.4) is 0 Å². The summed E-state index contributed by atoms with van der Waals surface area (Å²) in [6, 6.07) is 6.82. The molecule has 4 nitrogen and oxygen atoms in total. The van der Waals surface area contributed by atoms with Crippen LogP contribution in [0.5, 0.6) is 5.75 Å². The Morgan fingerprint density at radius 2 is 1.81 bits per heavy atom. The van der Waals surface area contributed by atoms with E-state index < -0.39 is 10.1 Å². The first kappa shape index (κ1) is 18.5. The summed E-state index contributed by atoms with van der Waals surface area (Å²) in [5.41, 5.74) is 2.83. The Hall–Kier alpha value is -0.590. The van der Waals surface area contributed by atoms with Crippen LogP contribution in [0.4, 0.5) is 0 Å². The van der Waals surface area contributed by atoms with E-state index in [-0.39, 0.29) is 40.4 Å². The zero-order chi connectivity index (χ0) is 15.1. The second-order valence-electron chi connectivity index (χ2n) is 5.14. The molecule has 0 atom stereocenters. The topological polar surface area (TPSA) is 66.4 Å². The third-order valence-corrected chi connectivity index (χ3v) is 4.30. The van der Waals surface area contributed by atoms with Crippen LogP contribution in [-0.2, 0) is 10.1 Å². The third-order valence-electron chi connectivity index (χ3n) is 3.42. The predicted octanol–water partition coefficient (Wildman–Crippen LogP) is 0.140. The minimum Gasteiger partial charge on any atom is -0.744 e. The Balaban J connectivity index is 0.00000220. The fourth-order valence-electron chi connectivity index (χ4n) is 2.35. The third kappa shape index (κ3) is 3.60. The van der Waals surface area contributed by atoms with Gasteiger partial charge in [0.25, 0.3) is 0 Å². The van der Waals surface area contributed by atoms with Gasteiger partial charge < -0.3 is 9.29 Å². The Kier molecular flexibility index (Phi) is 5.86. The average molecular weight is 316 g/mol. The molecular formula is C15H17NaO4S. The predicted molar refractivity (Wildman–Crippen MR) is 76.4 cm³/mol. The minimum atomic E-state index is -4.50. The summed E-state index contributed by atoms with van der Waals surface area (Å²) in [5.74, 6) is 0.856. The van der Waals surface area contributed by atoms with Gasteiger partial charge >= 0.3 is 29.6 Å². The molecule has 108 valence electrons. The van der Waals surface area contributed by atoms with E-state index in [1.165, 1.54) is 13.2 Å². The molecule has 0 amide bonds. The van der Waals surface area contributed by atoms with E-state index in [0.29, 0.717) is 16.9 Å². The maximum absolute atomic E-state index is 11.4. The van der Waals surface area contributed by atoms with Crippen molar-refractivity contribution in [2.75, 3.05) is 7.11 Å². The SMILES string of the molecule is COc1cc(C(C)C)ccc2c(S(=O)(=O)[O-])cc(C)c1-2.[Na+]. The minimum absolute atomic E-state index is 0. The van der Waals surface area contributed by atoms with Gasteiger partial charge in [-0.3, -0.25) is 0 Å². The number of rotatable bonds is 3. The van der Waals surface area contributed by atoms with Gasteiger partial charge in [0.15, 0.2) is 0 Å². The van der Waals surface area contributed by atoms with E-state index in [2.05, 4.69) is 0 Å². The molecule has 0 radical (unpaired) electrons. The van der Waals surface area contributed by atoms with Crippen molar-refractivity contribution in [3.05, 3.63) is 35.4 Å². The summed E-state index contributed by atoms with van der Waals surface area (Å²) in [6.45, 7) is 5.85. The molecule has 0 saturated heterocycles. The Morgan fingerprint density at radius 1 is 1.19 bits per heavy atom. The first-order valence-corrected chi connectivity index (χ1v) is 7.73. The van der Waals surface area contributed by atoms with Crippen molar-refractivity contribution in [1.29, 1.82) is 0 Å². The summed E-state index contributed by atoms with van der Waals surface area (Å²) in [5, 5.41) is 0. The van der Waals surface area contributed by atoms with Crippen molar-refractivity contribution in [3.8, 4) is 16.9 Å². The van der Waals surface area contributed by atoms with E-state index in [4.69, 9.17) is 4.74 Å². The second kappa shape index (κ2) is 6.67. The molecule has 0 bridgehead atoms. The van der Waals surface area contributed by atoms with Crippen LogP contribution in [0.15, 0.2) is 29.2 Å². The average Bonchev–Trinajstić information content (AvgIpc) is 2.57. The first-order valence-electron chi connectivity index (χ1n) is 6.33. The molecule has 0 aromatic carbocycles. The normalized spacial score (nSPS) is 11.5. The molecule has 0 aliphatic heterocycles. The van der Waals surface area contributed by atoms with Crippen molar-refractivity contribution in [1.82, 2.24) is 0 Å². The van der Waals surface area contributed by atoms with E-state index >= 15 is 0 Å². The molecule has 0 saturated carbocycles. The van der Waals surface area contributed by atoms with E-state index in [1.807, 2.05) is 26.0 Å². The van der Waals surface area contributed by atoms with Crippen LogP contribution >= 0.6 is 0 Å². The molecule has 6 heteroatoms. The van der Waals surface area contributed by atoms with Crippen LogP contribution in [-0.4, -0.2) is 20.1 Å². The van der Waals surface area contributed by atoms with Gasteiger partial charge in [-0.15, -0.1) is 0 Å². The largest absolute Gasteiger partial charge is 1.00 e. The summed E-state index contributed by atoms with van der Waals surface area (Å²) >= 11 is 0. The summed E-state index contributed by atoms with van der Waals surface area (Å²) < 4.78 is 39.5. The standard InChI is InChI=1S/C15H18O4S.Na/c1-9(2)11-5-6-12-14(20(16,17)18)7-10(3)15(12)13(8-11)19-4;/h5-9H,1-4H3,(H,16,17,18);/q;+1/p-1. The molecule has 0 N–H and O–H groups in total. The van der Waals surface area contributed by atoms with Crippen LogP contribution in [0.1, 0.15) is 30.9 Å². The Labute approximate surface area is 147 Å². The second-order valence-corrected chi connectivity index (χ2v) is 6.48. The maximum atomic E-state index is 11.4. The fourth-order valence-corrected chi connectivity index (χ4v) is 3.11. The van der Waals surface area contributed by atoms with Crippen LogP contribution in [0.2, 0.25) is 0 Å². The molecule has 0 aromatic rings. The van der Waals surface area contributed by atoms with Crippen molar-refractivity contribution < 1.29 is 47.3 Å². The van der Waals surface area contributed by atoms with Crippen molar-refractivity contribution in [3.63, 3.8) is 0 Å². The van der Waals surface area contributed by atoms with Gasteiger partial charge in [0, 0.05) is 11.1 Å². The number of ether oxygens (including phenoxy) is 1.